The number of morpholine rings is 1. The van der Waals surface area contributed by atoms with Gasteiger partial charge < -0.3 is 9.64 Å². The first-order valence-corrected chi connectivity index (χ1v) is 10.7. The van der Waals surface area contributed by atoms with Gasteiger partial charge in [-0.25, -0.2) is 9.67 Å². The number of carbonyl (C=O) groups excluding carboxylic acids is 1. The van der Waals surface area contributed by atoms with Gasteiger partial charge in [-0.3, -0.25) is 14.2 Å². The van der Waals surface area contributed by atoms with E-state index in [0.717, 1.165) is 5.69 Å². The summed E-state index contributed by atoms with van der Waals surface area (Å²) in [5.41, 5.74) is 1.13. The Labute approximate surface area is 175 Å². The van der Waals surface area contributed by atoms with Gasteiger partial charge in [-0.05, 0) is 24.3 Å². The SMILES string of the molecule is O=C(CC1CSc2nc3c(cnn3-c3ccc(Cl)cc3)c(=O)n21)N1CCOCC1. The average Bonchev–Trinajstić information content (AvgIpc) is 3.34. The topological polar surface area (TPSA) is 82.2 Å². The molecule has 0 bridgehead atoms. The van der Waals surface area contributed by atoms with Crippen LogP contribution in [0.3, 0.4) is 0 Å². The van der Waals surface area contributed by atoms with Crippen molar-refractivity contribution < 1.29 is 9.53 Å². The van der Waals surface area contributed by atoms with Crippen LogP contribution < -0.4 is 5.56 Å². The molecule has 0 radical (unpaired) electrons. The van der Waals surface area contributed by atoms with Gasteiger partial charge in [0.25, 0.3) is 5.56 Å². The number of thioether (sulfide) groups is 1. The molecule has 4 heterocycles. The number of fused-ring (bicyclic) bond motifs is 2. The third-order valence-electron chi connectivity index (χ3n) is 5.22. The quantitative estimate of drug-likeness (QED) is 0.591. The minimum atomic E-state index is -0.200. The molecule has 1 atom stereocenters. The van der Waals surface area contributed by atoms with Crippen molar-refractivity contribution in [2.24, 2.45) is 0 Å². The minimum Gasteiger partial charge on any atom is -0.378 e. The lowest BCUT2D eigenvalue weighted by molar-refractivity contribution is -0.135. The Morgan fingerprint density at radius 2 is 2.00 bits per heavy atom. The van der Waals surface area contributed by atoms with E-state index in [9.17, 15) is 9.59 Å². The number of rotatable bonds is 3. The van der Waals surface area contributed by atoms with Gasteiger partial charge in [-0.1, -0.05) is 23.4 Å². The fourth-order valence-corrected chi connectivity index (χ4v) is 4.95. The summed E-state index contributed by atoms with van der Waals surface area (Å²) in [6.45, 7) is 2.33. The van der Waals surface area contributed by atoms with Gasteiger partial charge in [-0.2, -0.15) is 5.10 Å². The van der Waals surface area contributed by atoms with Crippen molar-refractivity contribution in [2.75, 3.05) is 32.1 Å². The number of ether oxygens (including phenoxy) is 1. The highest BCUT2D eigenvalue weighted by Gasteiger charge is 2.31. The number of carbonyl (C=O) groups is 1. The Morgan fingerprint density at radius 3 is 2.76 bits per heavy atom. The Kier molecular flexibility index (Phi) is 4.81. The summed E-state index contributed by atoms with van der Waals surface area (Å²) < 4.78 is 8.60. The van der Waals surface area contributed by atoms with Crippen molar-refractivity contribution in [1.29, 1.82) is 0 Å². The summed E-state index contributed by atoms with van der Waals surface area (Å²) in [6, 6.07) is 7.00. The molecule has 1 saturated heterocycles. The monoisotopic (exact) mass is 431 g/mol. The van der Waals surface area contributed by atoms with Crippen molar-refractivity contribution >= 4 is 40.3 Å². The van der Waals surface area contributed by atoms with E-state index < -0.39 is 0 Å². The van der Waals surface area contributed by atoms with E-state index in [1.807, 2.05) is 17.0 Å². The van der Waals surface area contributed by atoms with Gasteiger partial charge in [-0.15, -0.1) is 0 Å². The van der Waals surface area contributed by atoms with E-state index in [-0.39, 0.29) is 17.5 Å². The second kappa shape index (κ2) is 7.47. The van der Waals surface area contributed by atoms with Crippen molar-refractivity contribution in [1.82, 2.24) is 24.2 Å². The summed E-state index contributed by atoms with van der Waals surface area (Å²) in [5.74, 6) is 0.704. The normalized spacial score (nSPS) is 18.9. The molecule has 0 aliphatic carbocycles. The van der Waals surface area contributed by atoms with E-state index in [1.165, 1.54) is 18.0 Å². The van der Waals surface area contributed by atoms with E-state index in [4.69, 9.17) is 21.3 Å². The molecule has 2 aromatic heterocycles. The first-order valence-electron chi connectivity index (χ1n) is 9.36. The molecule has 10 heteroatoms. The van der Waals surface area contributed by atoms with Crippen LogP contribution in [0, 0.1) is 0 Å². The first kappa shape index (κ1) is 18.7. The molecule has 1 unspecified atom stereocenters. The smallest absolute Gasteiger partial charge is 0.265 e. The maximum Gasteiger partial charge on any atom is 0.265 e. The highest BCUT2D eigenvalue weighted by atomic mass is 35.5. The summed E-state index contributed by atoms with van der Waals surface area (Å²) in [6.07, 6.45) is 1.83. The molecule has 0 N–H and O–H groups in total. The van der Waals surface area contributed by atoms with Crippen LogP contribution in [-0.2, 0) is 9.53 Å². The number of hydrogen-bond acceptors (Lipinski definition) is 6. The minimum absolute atomic E-state index is 0.0515. The van der Waals surface area contributed by atoms with E-state index in [1.54, 1.807) is 21.4 Å². The van der Waals surface area contributed by atoms with E-state index >= 15 is 0 Å². The largest absolute Gasteiger partial charge is 0.378 e. The zero-order valence-corrected chi connectivity index (χ0v) is 17.0. The second-order valence-corrected chi connectivity index (χ2v) is 8.43. The lowest BCUT2D eigenvalue weighted by Gasteiger charge is -2.28. The lowest BCUT2D eigenvalue weighted by atomic mass is 10.2. The Balaban J connectivity index is 1.48. The Hall–Kier alpha value is -2.36. The number of benzene rings is 1. The average molecular weight is 432 g/mol. The van der Waals surface area contributed by atoms with Gasteiger partial charge in [0.05, 0.1) is 31.1 Å². The summed E-state index contributed by atoms with van der Waals surface area (Å²) in [4.78, 5) is 32.3. The van der Waals surface area contributed by atoms with Crippen LogP contribution >= 0.6 is 23.4 Å². The molecule has 2 aliphatic heterocycles. The highest BCUT2D eigenvalue weighted by molar-refractivity contribution is 7.99. The third-order valence-corrected chi connectivity index (χ3v) is 6.57. The molecule has 5 rings (SSSR count). The van der Waals surface area contributed by atoms with Gasteiger partial charge >= 0.3 is 0 Å². The van der Waals surface area contributed by atoms with Crippen LogP contribution in [0.5, 0.6) is 0 Å². The molecule has 0 spiro atoms. The van der Waals surface area contributed by atoms with Crippen LogP contribution in [0.15, 0.2) is 40.4 Å². The fraction of sp³-hybridized carbons (Fsp3) is 0.368. The van der Waals surface area contributed by atoms with Crippen molar-refractivity contribution in [2.45, 2.75) is 17.6 Å². The van der Waals surface area contributed by atoms with Crippen LogP contribution in [0.1, 0.15) is 12.5 Å². The maximum atomic E-state index is 13.2. The molecule has 3 aromatic rings. The molecule has 150 valence electrons. The molecule has 1 amide bonds. The zero-order chi connectivity index (χ0) is 20.0. The Morgan fingerprint density at radius 1 is 1.24 bits per heavy atom. The van der Waals surface area contributed by atoms with Gasteiger partial charge in [0.2, 0.25) is 5.91 Å². The molecule has 29 heavy (non-hydrogen) atoms. The maximum absolute atomic E-state index is 13.2. The van der Waals surface area contributed by atoms with Crippen molar-refractivity contribution in [3.63, 3.8) is 0 Å². The highest BCUT2D eigenvalue weighted by Crippen LogP contribution is 2.33. The predicted molar refractivity (Wildman–Crippen MR) is 110 cm³/mol. The number of nitrogens with zero attached hydrogens (tertiary/aromatic N) is 5. The number of hydrogen-bond donors (Lipinski definition) is 0. The Bertz CT molecular complexity index is 1140. The fourth-order valence-electron chi connectivity index (χ4n) is 3.70. The summed E-state index contributed by atoms with van der Waals surface area (Å²) in [5, 5.41) is 6.05. The number of amides is 1. The molecule has 0 saturated carbocycles. The van der Waals surface area contributed by atoms with E-state index in [2.05, 4.69) is 5.10 Å². The zero-order valence-electron chi connectivity index (χ0n) is 15.5. The molecule has 1 fully saturated rings. The van der Waals surface area contributed by atoms with Crippen LogP contribution in [-0.4, -0.2) is 62.2 Å². The van der Waals surface area contributed by atoms with Gasteiger partial charge in [0.15, 0.2) is 10.8 Å². The lowest BCUT2D eigenvalue weighted by Crippen LogP contribution is -2.42. The molecular formula is C19H18ClN5O3S. The molecule has 8 nitrogen and oxygen atoms in total. The number of aromatic nitrogens is 4. The second-order valence-electron chi connectivity index (χ2n) is 7.00. The van der Waals surface area contributed by atoms with Gasteiger partial charge in [0, 0.05) is 30.3 Å². The molecule has 1 aromatic carbocycles. The summed E-state index contributed by atoms with van der Waals surface area (Å²) in [7, 11) is 0. The van der Waals surface area contributed by atoms with Crippen LogP contribution in [0.4, 0.5) is 0 Å². The third kappa shape index (κ3) is 3.33. The molecule has 2 aliphatic rings. The van der Waals surface area contributed by atoms with Crippen molar-refractivity contribution in [3.8, 4) is 5.69 Å². The first-order chi connectivity index (χ1) is 14.1. The van der Waals surface area contributed by atoms with E-state index in [0.29, 0.717) is 59.7 Å². The summed E-state index contributed by atoms with van der Waals surface area (Å²) >= 11 is 7.46. The van der Waals surface area contributed by atoms with Gasteiger partial charge in [0.1, 0.15) is 5.39 Å². The number of halogens is 1. The van der Waals surface area contributed by atoms with Crippen molar-refractivity contribution in [3.05, 3.63) is 45.8 Å². The van der Waals surface area contributed by atoms with Crippen LogP contribution in [0.2, 0.25) is 5.02 Å². The van der Waals surface area contributed by atoms with Crippen LogP contribution in [0.25, 0.3) is 16.7 Å². The predicted octanol–water partition coefficient (Wildman–Crippen LogP) is 2.13. The molecular weight excluding hydrogens is 414 g/mol. The standard InChI is InChI=1S/C19H18ClN5O3S/c20-12-1-3-13(4-2-12)25-17-15(10-21-25)18(27)24-14(11-29-19(24)22-17)9-16(26)23-5-7-28-8-6-23/h1-4,10,14H,5-9,11H2.